The third kappa shape index (κ3) is 3.00. The normalized spacial score (nSPS) is 21.5. The Morgan fingerprint density at radius 3 is 2.53 bits per heavy atom. The van der Waals surface area contributed by atoms with Crippen LogP contribution in [-0.4, -0.2) is 6.61 Å². The Morgan fingerprint density at radius 2 is 1.94 bits per heavy atom. The number of ether oxygens (including phenoxy) is 1. The van der Waals surface area contributed by atoms with Gasteiger partial charge in [0, 0.05) is 6.61 Å². The van der Waals surface area contributed by atoms with Crippen molar-refractivity contribution >= 4 is 0 Å². The average molecular weight is 244 g/mol. The van der Waals surface area contributed by atoms with Crippen LogP contribution in [0.25, 0.3) is 0 Å². The lowest BCUT2D eigenvalue weighted by molar-refractivity contribution is -0.137. The molecule has 1 unspecified atom stereocenters. The van der Waals surface area contributed by atoms with Gasteiger partial charge in [-0.05, 0) is 43.9 Å². The van der Waals surface area contributed by atoms with Crippen LogP contribution in [0.3, 0.4) is 0 Å². The fourth-order valence-corrected chi connectivity index (χ4v) is 2.17. The molecule has 17 heavy (non-hydrogen) atoms. The van der Waals surface area contributed by atoms with E-state index >= 15 is 0 Å². The van der Waals surface area contributed by atoms with Gasteiger partial charge in [0.15, 0.2) is 0 Å². The van der Waals surface area contributed by atoms with Gasteiger partial charge >= 0.3 is 6.18 Å². The second-order valence-electron chi connectivity index (χ2n) is 4.49. The second kappa shape index (κ2) is 4.69. The lowest BCUT2D eigenvalue weighted by Crippen LogP contribution is -2.13. The highest BCUT2D eigenvalue weighted by atomic mass is 19.4. The summed E-state index contributed by atoms with van der Waals surface area (Å²) in [4.78, 5) is 0. The molecule has 4 heteroatoms. The summed E-state index contributed by atoms with van der Waals surface area (Å²) in [7, 11) is 0. The smallest absolute Gasteiger partial charge is 0.374 e. The number of halogens is 3. The van der Waals surface area contributed by atoms with Crippen LogP contribution < -0.4 is 0 Å². The molecule has 0 aromatic heterocycles. The molecule has 0 N–H and O–H groups in total. The standard InChI is InChI=1S/C13H15F3O/c1-9-6-10(12-4-2-3-5-17-12)8-11(7-9)13(14,15)16/h6-8,12H,2-5H2,1H3. The third-order valence-electron chi connectivity index (χ3n) is 2.98. The summed E-state index contributed by atoms with van der Waals surface area (Å²) in [5.74, 6) is 0. The molecule has 1 aliphatic rings. The molecule has 1 aromatic carbocycles. The summed E-state index contributed by atoms with van der Waals surface area (Å²) in [5.41, 5.74) is 0.697. The zero-order valence-corrected chi connectivity index (χ0v) is 9.68. The molecule has 1 atom stereocenters. The van der Waals surface area contributed by atoms with Gasteiger partial charge in [0.05, 0.1) is 11.7 Å². The van der Waals surface area contributed by atoms with Crippen LogP contribution in [0, 0.1) is 6.92 Å². The summed E-state index contributed by atoms with van der Waals surface area (Å²) in [5, 5.41) is 0. The van der Waals surface area contributed by atoms with Gasteiger partial charge in [-0.1, -0.05) is 11.6 Å². The van der Waals surface area contributed by atoms with Crippen molar-refractivity contribution in [2.45, 2.75) is 38.5 Å². The Morgan fingerprint density at radius 1 is 1.18 bits per heavy atom. The predicted molar refractivity (Wildman–Crippen MR) is 58.7 cm³/mol. The monoisotopic (exact) mass is 244 g/mol. The molecule has 1 aliphatic heterocycles. The highest BCUT2D eigenvalue weighted by Gasteiger charge is 2.31. The van der Waals surface area contributed by atoms with Gasteiger partial charge in [0.2, 0.25) is 0 Å². The van der Waals surface area contributed by atoms with Crippen molar-refractivity contribution in [3.8, 4) is 0 Å². The Labute approximate surface area is 98.6 Å². The summed E-state index contributed by atoms with van der Waals surface area (Å²) in [6.07, 6.45) is -1.64. The van der Waals surface area contributed by atoms with Crippen molar-refractivity contribution in [1.82, 2.24) is 0 Å². The Balaban J connectivity index is 2.31. The topological polar surface area (TPSA) is 9.23 Å². The molecule has 0 saturated carbocycles. The lowest BCUT2D eigenvalue weighted by atomic mass is 9.97. The maximum atomic E-state index is 12.7. The first-order valence-electron chi connectivity index (χ1n) is 5.77. The van der Waals surface area contributed by atoms with Crippen LogP contribution in [0.4, 0.5) is 13.2 Å². The highest BCUT2D eigenvalue weighted by Crippen LogP contribution is 2.34. The SMILES string of the molecule is Cc1cc(C2CCCCO2)cc(C(F)(F)F)c1. The second-order valence-corrected chi connectivity index (χ2v) is 4.49. The minimum absolute atomic E-state index is 0.176. The van der Waals surface area contributed by atoms with E-state index in [0.717, 1.165) is 19.3 Å². The van der Waals surface area contributed by atoms with Crippen molar-refractivity contribution in [1.29, 1.82) is 0 Å². The van der Waals surface area contributed by atoms with Gasteiger partial charge < -0.3 is 4.74 Å². The summed E-state index contributed by atoms with van der Waals surface area (Å²) in [6, 6.07) is 4.17. The van der Waals surface area contributed by atoms with Gasteiger partial charge in [0.1, 0.15) is 0 Å². The molecule has 94 valence electrons. The van der Waals surface area contributed by atoms with E-state index in [0.29, 0.717) is 17.7 Å². The fraction of sp³-hybridized carbons (Fsp3) is 0.538. The Bertz CT molecular complexity index is 392. The number of alkyl halides is 3. The number of benzene rings is 1. The first kappa shape index (κ1) is 12.4. The molecule has 1 fully saturated rings. The van der Waals surface area contributed by atoms with E-state index in [4.69, 9.17) is 4.74 Å². The van der Waals surface area contributed by atoms with E-state index in [2.05, 4.69) is 0 Å². The summed E-state index contributed by atoms with van der Waals surface area (Å²) < 4.78 is 43.5. The molecule has 1 heterocycles. The fourth-order valence-electron chi connectivity index (χ4n) is 2.17. The zero-order valence-electron chi connectivity index (χ0n) is 9.68. The van der Waals surface area contributed by atoms with Gasteiger partial charge in [-0.15, -0.1) is 0 Å². The summed E-state index contributed by atoms with van der Waals surface area (Å²) >= 11 is 0. The van der Waals surface area contributed by atoms with Crippen molar-refractivity contribution in [3.63, 3.8) is 0 Å². The molecule has 1 aromatic rings. The zero-order chi connectivity index (χ0) is 12.5. The average Bonchev–Trinajstić information content (AvgIpc) is 2.28. The third-order valence-corrected chi connectivity index (χ3v) is 2.98. The Kier molecular flexibility index (Phi) is 3.43. The highest BCUT2D eigenvalue weighted by molar-refractivity contribution is 5.32. The molecule has 0 aliphatic carbocycles. The van der Waals surface area contributed by atoms with Crippen molar-refractivity contribution in [2.75, 3.05) is 6.61 Å². The van der Waals surface area contributed by atoms with E-state index in [-0.39, 0.29) is 6.10 Å². The molecular formula is C13H15F3O. The molecule has 0 spiro atoms. The van der Waals surface area contributed by atoms with Crippen LogP contribution in [0.1, 0.15) is 42.1 Å². The molecular weight excluding hydrogens is 229 g/mol. The predicted octanol–water partition coefficient (Wildman–Crippen LogP) is 4.26. The minimum atomic E-state index is -4.28. The molecule has 2 rings (SSSR count). The number of aryl methyl sites for hydroxylation is 1. The Hall–Kier alpha value is -1.03. The first-order valence-corrected chi connectivity index (χ1v) is 5.77. The number of hydrogen-bond donors (Lipinski definition) is 0. The van der Waals surface area contributed by atoms with E-state index in [1.165, 1.54) is 12.1 Å². The molecule has 1 saturated heterocycles. The van der Waals surface area contributed by atoms with Gasteiger partial charge in [0.25, 0.3) is 0 Å². The van der Waals surface area contributed by atoms with Gasteiger partial charge in [-0.25, -0.2) is 0 Å². The van der Waals surface area contributed by atoms with Crippen molar-refractivity contribution in [2.24, 2.45) is 0 Å². The summed E-state index contributed by atoms with van der Waals surface area (Å²) in [6.45, 7) is 2.32. The molecule has 1 nitrogen and oxygen atoms in total. The van der Waals surface area contributed by atoms with Crippen LogP contribution >= 0.6 is 0 Å². The van der Waals surface area contributed by atoms with Crippen LogP contribution in [0.15, 0.2) is 18.2 Å². The number of hydrogen-bond acceptors (Lipinski definition) is 1. The quantitative estimate of drug-likeness (QED) is 0.717. The molecule has 0 bridgehead atoms. The van der Waals surface area contributed by atoms with E-state index in [1.807, 2.05) is 0 Å². The van der Waals surface area contributed by atoms with Crippen molar-refractivity contribution in [3.05, 3.63) is 34.9 Å². The number of rotatable bonds is 1. The van der Waals surface area contributed by atoms with Gasteiger partial charge in [-0.3, -0.25) is 0 Å². The van der Waals surface area contributed by atoms with Crippen molar-refractivity contribution < 1.29 is 17.9 Å². The molecule has 0 amide bonds. The van der Waals surface area contributed by atoms with Gasteiger partial charge in [-0.2, -0.15) is 13.2 Å². The molecule has 0 radical (unpaired) electrons. The lowest BCUT2D eigenvalue weighted by Gasteiger charge is -2.24. The first-order chi connectivity index (χ1) is 7.97. The largest absolute Gasteiger partial charge is 0.416 e. The van der Waals surface area contributed by atoms with Crippen LogP contribution in [0.2, 0.25) is 0 Å². The maximum Gasteiger partial charge on any atom is 0.416 e. The van der Waals surface area contributed by atoms with Crippen LogP contribution in [0.5, 0.6) is 0 Å². The maximum absolute atomic E-state index is 12.7. The van der Waals surface area contributed by atoms with E-state index < -0.39 is 11.7 Å². The minimum Gasteiger partial charge on any atom is -0.374 e. The van der Waals surface area contributed by atoms with Crippen LogP contribution in [-0.2, 0) is 10.9 Å². The van der Waals surface area contributed by atoms with E-state index in [1.54, 1.807) is 13.0 Å². The van der Waals surface area contributed by atoms with E-state index in [9.17, 15) is 13.2 Å².